The van der Waals surface area contributed by atoms with E-state index in [-0.39, 0.29) is 5.91 Å². The molecule has 152 valence electrons. The maximum Gasteiger partial charge on any atom is 0.283 e. The predicted octanol–water partition coefficient (Wildman–Crippen LogP) is 4.38. The van der Waals surface area contributed by atoms with Gasteiger partial charge in [-0.05, 0) is 54.2 Å². The lowest BCUT2D eigenvalue weighted by molar-refractivity contribution is -0.161. The molecule has 0 saturated heterocycles. The highest BCUT2D eigenvalue weighted by molar-refractivity contribution is 5.93. The fraction of sp³-hybridized carbons (Fsp3) is 0.269. The third-order valence-electron chi connectivity index (χ3n) is 6.24. The second-order valence-corrected chi connectivity index (χ2v) is 8.27. The Morgan fingerprint density at radius 1 is 0.700 bits per heavy atom. The highest BCUT2D eigenvalue weighted by Crippen LogP contribution is 2.26. The molecule has 1 amide bonds. The van der Waals surface area contributed by atoms with Gasteiger partial charge in [-0.25, -0.2) is 0 Å². The van der Waals surface area contributed by atoms with Crippen LogP contribution >= 0.6 is 0 Å². The van der Waals surface area contributed by atoms with Crippen LogP contribution in [0.4, 0.5) is 0 Å². The lowest BCUT2D eigenvalue weighted by Gasteiger charge is -2.45. The molecule has 0 fully saturated rings. The third kappa shape index (κ3) is 3.64. The fourth-order valence-electron chi connectivity index (χ4n) is 4.53. The predicted molar refractivity (Wildman–Crippen MR) is 118 cm³/mol. The number of benzene rings is 3. The number of fused-ring (bicyclic) bond motifs is 2. The lowest BCUT2D eigenvalue weighted by Crippen LogP contribution is -2.58. The molecule has 0 aliphatic carbocycles. The molecule has 0 saturated carbocycles. The zero-order valence-corrected chi connectivity index (χ0v) is 17.4. The van der Waals surface area contributed by atoms with Crippen molar-refractivity contribution in [2.45, 2.75) is 32.9 Å². The molecule has 2 aliphatic heterocycles. The summed E-state index contributed by atoms with van der Waals surface area (Å²) >= 11 is 0. The topological polar surface area (TPSA) is 26.8 Å². The van der Waals surface area contributed by atoms with Gasteiger partial charge in [-0.3, -0.25) is 4.79 Å². The molecular weight excluding hydrogens is 370 g/mol. The van der Waals surface area contributed by atoms with Crippen molar-refractivity contribution in [1.82, 2.24) is 15.1 Å². The summed E-state index contributed by atoms with van der Waals surface area (Å²) in [6.07, 6.45) is 1.91. The molecule has 0 N–H and O–H groups in total. The van der Waals surface area contributed by atoms with Gasteiger partial charge in [0.05, 0.1) is 0 Å². The minimum absolute atomic E-state index is 0.0498. The normalized spacial score (nSPS) is 16.6. The molecule has 0 aromatic heterocycles. The Hall–Kier alpha value is -2.95. The molecule has 5 rings (SSSR count). The van der Waals surface area contributed by atoms with Crippen molar-refractivity contribution in [3.63, 3.8) is 0 Å². The first-order chi connectivity index (χ1) is 14.7. The van der Waals surface area contributed by atoms with Crippen molar-refractivity contribution >= 4 is 5.91 Å². The average molecular weight is 398 g/mol. The van der Waals surface area contributed by atoms with Crippen LogP contribution in [0, 0.1) is 6.92 Å². The van der Waals surface area contributed by atoms with Gasteiger partial charge in [0.2, 0.25) is 0 Å². The Morgan fingerprint density at radius 2 is 1.17 bits per heavy atom. The molecule has 2 heterocycles. The molecule has 0 spiro atoms. The van der Waals surface area contributed by atoms with Gasteiger partial charge in [0.15, 0.2) is 0 Å². The first kappa shape index (κ1) is 19.0. The van der Waals surface area contributed by atoms with E-state index in [0.29, 0.717) is 0 Å². The standard InChI is InChI=1S/C26H27N3O/c1-20-10-12-23(13-11-20)26(30)29(27-16-14-21-6-2-4-8-24(21)18-27)28-17-15-22-7-3-5-9-25(22)19-28/h2-13H,14-19H2,1H3. The summed E-state index contributed by atoms with van der Waals surface area (Å²) in [5.41, 5.74) is 7.29. The number of rotatable bonds is 3. The number of carbonyl (C=O) groups excluding carboxylic acids is 1. The Kier molecular flexibility index (Phi) is 5.11. The summed E-state index contributed by atoms with van der Waals surface area (Å²) in [5.74, 6) is 0.0498. The van der Waals surface area contributed by atoms with Gasteiger partial charge in [-0.2, -0.15) is 15.1 Å². The molecule has 4 nitrogen and oxygen atoms in total. The van der Waals surface area contributed by atoms with Crippen LogP contribution in [-0.4, -0.2) is 34.1 Å². The highest BCUT2D eigenvalue weighted by atomic mass is 16.2. The van der Waals surface area contributed by atoms with E-state index in [1.54, 1.807) is 0 Å². The van der Waals surface area contributed by atoms with E-state index in [2.05, 4.69) is 65.5 Å². The molecule has 0 radical (unpaired) electrons. The zero-order valence-electron chi connectivity index (χ0n) is 17.4. The summed E-state index contributed by atoms with van der Waals surface area (Å²) in [4.78, 5) is 13.7. The Labute approximate surface area is 178 Å². The maximum atomic E-state index is 13.7. The number of hydrogen-bond donors (Lipinski definition) is 0. The summed E-state index contributed by atoms with van der Waals surface area (Å²) in [7, 11) is 0. The van der Waals surface area contributed by atoms with Crippen molar-refractivity contribution in [3.05, 3.63) is 106 Å². The van der Waals surface area contributed by atoms with Crippen LogP contribution in [0.5, 0.6) is 0 Å². The van der Waals surface area contributed by atoms with E-state index in [1.165, 1.54) is 22.3 Å². The van der Waals surface area contributed by atoms with Gasteiger partial charge < -0.3 is 0 Å². The molecule has 0 atom stereocenters. The van der Waals surface area contributed by atoms with Crippen LogP contribution in [-0.2, 0) is 25.9 Å². The third-order valence-corrected chi connectivity index (χ3v) is 6.24. The molecule has 2 aliphatic rings. The largest absolute Gasteiger partial charge is 0.283 e. The van der Waals surface area contributed by atoms with Gasteiger partial charge in [-0.15, -0.1) is 0 Å². The quantitative estimate of drug-likeness (QED) is 0.656. The summed E-state index contributed by atoms with van der Waals surface area (Å²) in [6, 6.07) is 25.1. The van der Waals surface area contributed by atoms with Crippen molar-refractivity contribution < 1.29 is 4.79 Å². The van der Waals surface area contributed by atoms with E-state index in [0.717, 1.165) is 50.1 Å². The molecule has 0 unspecified atom stereocenters. The molecular formula is C26H27N3O. The molecule has 3 aromatic rings. The molecule has 30 heavy (non-hydrogen) atoms. The van der Waals surface area contributed by atoms with Crippen LogP contribution in [0.15, 0.2) is 72.8 Å². The van der Waals surface area contributed by atoms with Crippen LogP contribution < -0.4 is 0 Å². The highest BCUT2D eigenvalue weighted by Gasteiger charge is 2.33. The van der Waals surface area contributed by atoms with Gasteiger partial charge in [-0.1, -0.05) is 66.2 Å². The fourth-order valence-corrected chi connectivity index (χ4v) is 4.53. The second-order valence-electron chi connectivity index (χ2n) is 8.27. The lowest BCUT2D eigenvalue weighted by atomic mass is 10.0. The van der Waals surface area contributed by atoms with E-state index >= 15 is 0 Å². The number of hydrogen-bond acceptors (Lipinski definition) is 3. The number of aryl methyl sites for hydroxylation is 1. The average Bonchev–Trinajstić information content (AvgIpc) is 2.79. The minimum Gasteiger partial charge on any atom is -0.266 e. The summed E-state index contributed by atoms with van der Waals surface area (Å²) < 4.78 is 0. The summed E-state index contributed by atoms with van der Waals surface area (Å²) in [5, 5.41) is 6.37. The first-order valence-electron chi connectivity index (χ1n) is 10.7. The Morgan fingerprint density at radius 3 is 1.67 bits per heavy atom. The number of hydrazine groups is 2. The van der Waals surface area contributed by atoms with Crippen molar-refractivity contribution in [2.24, 2.45) is 0 Å². The minimum atomic E-state index is 0.0498. The van der Waals surface area contributed by atoms with Crippen molar-refractivity contribution in [2.75, 3.05) is 13.1 Å². The number of carbonyl (C=O) groups is 1. The maximum absolute atomic E-state index is 13.7. The van der Waals surface area contributed by atoms with E-state index < -0.39 is 0 Å². The van der Waals surface area contributed by atoms with Crippen LogP contribution in [0.25, 0.3) is 0 Å². The number of amides is 1. The molecule has 3 aromatic carbocycles. The smallest absolute Gasteiger partial charge is 0.266 e. The van der Waals surface area contributed by atoms with Crippen molar-refractivity contribution in [3.8, 4) is 0 Å². The monoisotopic (exact) mass is 397 g/mol. The SMILES string of the molecule is Cc1ccc(C(=O)N(N2CCc3ccccc3C2)N2CCc3ccccc3C2)cc1. The Balaban J connectivity index is 1.48. The van der Waals surface area contributed by atoms with E-state index in [9.17, 15) is 4.79 Å². The zero-order chi connectivity index (χ0) is 20.5. The van der Waals surface area contributed by atoms with Crippen LogP contribution in [0.3, 0.4) is 0 Å². The van der Waals surface area contributed by atoms with E-state index in [1.807, 2.05) is 29.4 Å². The number of nitrogens with zero attached hydrogens (tertiary/aromatic N) is 3. The van der Waals surface area contributed by atoms with Gasteiger partial charge in [0.1, 0.15) is 0 Å². The molecule has 0 bridgehead atoms. The molecule has 4 heteroatoms. The second kappa shape index (κ2) is 8.05. The summed E-state index contributed by atoms with van der Waals surface area (Å²) in [6.45, 7) is 5.24. The van der Waals surface area contributed by atoms with Crippen LogP contribution in [0.1, 0.15) is 38.2 Å². The van der Waals surface area contributed by atoms with Gasteiger partial charge >= 0.3 is 0 Å². The van der Waals surface area contributed by atoms with Gasteiger partial charge in [0, 0.05) is 31.7 Å². The van der Waals surface area contributed by atoms with Crippen LogP contribution in [0.2, 0.25) is 0 Å². The van der Waals surface area contributed by atoms with Gasteiger partial charge in [0.25, 0.3) is 5.91 Å². The first-order valence-corrected chi connectivity index (χ1v) is 10.7. The van der Waals surface area contributed by atoms with Crippen molar-refractivity contribution in [1.29, 1.82) is 0 Å². The Bertz CT molecular complexity index is 1000. The van der Waals surface area contributed by atoms with E-state index in [4.69, 9.17) is 0 Å².